The number of halogens is 4. The van der Waals surface area contributed by atoms with Crippen molar-refractivity contribution in [3.05, 3.63) is 70.7 Å². The van der Waals surface area contributed by atoms with Gasteiger partial charge in [-0.05, 0) is 57.0 Å². The number of likely N-dealkylation sites (N-methyl/N-ethyl adjacent to an activating group) is 1. The molecule has 176 valence electrons. The first kappa shape index (κ1) is 24.8. The van der Waals surface area contributed by atoms with Gasteiger partial charge in [0.15, 0.2) is 0 Å². The molecule has 2 N–H and O–H groups in total. The van der Waals surface area contributed by atoms with Gasteiger partial charge in [0, 0.05) is 41.7 Å². The van der Waals surface area contributed by atoms with E-state index < -0.39 is 17.6 Å². The summed E-state index contributed by atoms with van der Waals surface area (Å²) >= 11 is 5.97. The van der Waals surface area contributed by atoms with Crippen molar-refractivity contribution in [2.75, 3.05) is 18.4 Å². The van der Waals surface area contributed by atoms with E-state index in [9.17, 15) is 13.2 Å². The highest BCUT2D eigenvalue weighted by Gasteiger charge is 2.37. The lowest BCUT2D eigenvalue weighted by Gasteiger charge is -2.26. The van der Waals surface area contributed by atoms with Crippen molar-refractivity contribution >= 4 is 28.9 Å². The maximum atomic E-state index is 13.4. The number of allylic oxidation sites excluding steroid dienone is 2. The zero-order valence-corrected chi connectivity index (χ0v) is 19.4. The molecule has 1 aromatic heterocycles. The number of nitrogens with zero attached hydrogens (tertiary/aromatic N) is 3. The van der Waals surface area contributed by atoms with Crippen LogP contribution in [0.1, 0.15) is 42.8 Å². The Morgan fingerprint density at radius 1 is 1.27 bits per heavy atom. The maximum Gasteiger partial charge on any atom is 0.419 e. The van der Waals surface area contributed by atoms with Gasteiger partial charge < -0.3 is 10.2 Å². The number of nitrogens with one attached hydrogen (secondary N) is 2. The SMILES string of the molecule is C=C/C=C(\C(=N)N(CC)CCc1nc(C2CC2)nc(Nc2ccc(Cl)cc2)c1C)C(F)(F)F. The molecule has 1 aliphatic carbocycles. The van der Waals surface area contributed by atoms with Crippen molar-refractivity contribution in [1.82, 2.24) is 14.9 Å². The third kappa shape index (κ3) is 6.35. The van der Waals surface area contributed by atoms with E-state index in [-0.39, 0.29) is 13.1 Å². The Hall–Kier alpha value is -2.87. The molecule has 1 saturated carbocycles. The van der Waals surface area contributed by atoms with Gasteiger partial charge in [-0.2, -0.15) is 13.2 Å². The molecule has 0 radical (unpaired) electrons. The van der Waals surface area contributed by atoms with Crippen LogP contribution in [0.3, 0.4) is 0 Å². The van der Waals surface area contributed by atoms with Crippen molar-refractivity contribution in [2.24, 2.45) is 0 Å². The van der Waals surface area contributed by atoms with Crippen LogP contribution in [0.4, 0.5) is 24.7 Å². The van der Waals surface area contributed by atoms with Gasteiger partial charge in [0.1, 0.15) is 17.5 Å². The maximum absolute atomic E-state index is 13.4. The third-order valence-corrected chi connectivity index (χ3v) is 5.73. The molecule has 0 saturated heterocycles. The van der Waals surface area contributed by atoms with Crippen LogP contribution in [-0.2, 0) is 6.42 Å². The largest absolute Gasteiger partial charge is 0.419 e. The average molecular weight is 478 g/mol. The summed E-state index contributed by atoms with van der Waals surface area (Å²) in [5.41, 5.74) is 1.41. The molecule has 0 amide bonds. The van der Waals surface area contributed by atoms with E-state index in [1.807, 2.05) is 19.1 Å². The minimum absolute atomic E-state index is 0.224. The number of anilines is 2. The summed E-state index contributed by atoms with van der Waals surface area (Å²) in [6.07, 6.45) is -0.306. The second-order valence-electron chi connectivity index (χ2n) is 7.90. The summed E-state index contributed by atoms with van der Waals surface area (Å²) in [6, 6.07) is 7.27. The molecule has 2 aromatic rings. The molecule has 0 aliphatic heterocycles. The standard InChI is InChI=1S/C24H27ClF3N5/c1-4-6-19(24(26,27)28)21(29)33(5-2)14-13-20-15(3)22(32-23(31-20)16-7-8-16)30-18-11-9-17(25)10-12-18/h4,6,9-12,16,29H,1,5,7-8,13-14H2,2-3H3,(H,30,31,32)/b19-6+,29-21?. The highest BCUT2D eigenvalue weighted by Crippen LogP contribution is 2.39. The Kier molecular flexibility index (Phi) is 7.79. The van der Waals surface area contributed by atoms with Crippen LogP contribution >= 0.6 is 11.6 Å². The summed E-state index contributed by atoms with van der Waals surface area (Å²) < 4.78 is 40.2. The Balaban J connectivity index is 1.83. The lowest BCUT2D eigenvalue weighted by atomic mass is 10.1. The number of hydrogen-bond acceptors (Lipinski definition) is 4. The lowest BCUT2D eigenvalue weighted by molar-refractivity contribution is -0.0870. The highest BCUT2D eigenvalue weighted by atomic mass is 35.5. The van der Waals surface area contributed by atoms with Gasteiger partial charge >= 0.3 is 6.18 Å². The normalized spacial score (nSPS) is 14.2. The van der Waals surface area contributed by atoms with Crippen molar-refractivity contribution in [3.63, 3.8) is 0 Å². The van der Waals surface area contributed by atoms with Crippen molar-refractivity contribution in [3.8, 4) is 0 Å². The van der Waals surface area contributed by atoms with Crippen molar-refractivity contribution in [2.45, 2.75) is 45.2 Å². The molecule has 0 unspecified atom stereocenters. The molecule has 33 heavy (non-hydrogen) atoms. The molecular formula is C24H27ClF3N5. The number of hydrogen-bond donors (Lipinski definition) is 2. The molecule has 0 spiro atoms. The van der Waals surface area contributed by atoms with Crippen LogP contribution in [0.2, 0.25) is 5.02 Å². The number of benzene rings is 1. The molecular weight excluding hydrogens is 451 g/mol. The Morgan fingerprint density at radius 3 is 2.48 bits per heavy atom. The monoisotopic (exact) mass is 477 g/mol. The lowest BCUT2D eigenvalue weighted by Crippen LogP contribution is -2.37. The van der Waals surface area contributed by atoms with Crippen molar-refractivity contribution in [1.29, 1.82) is 5.41 Å². The van der Waals surface area contributed by atoms with Crippen LogP contribution in [0.25, 0.3) is 0 Å². The highest BCUT2D eigenvalue weighted by molar-refractivity contribution is 6.30. The predicted molar refractivity (Wildman–Crippen MR) is 126 cm³/mol. The van der Waals surface area contributed by atoms with E-state index in [4.69, 9.17) is 27.0 Å². The average Bonchev–Trinajstić information content (AvgIpc) is 3.60. The van der Waals surface area contributed by atoms with E-state index >= 15 is 0 Å². The van der Waals surface area contributed by atoms with Gasteiger partial charge in [0.2, 0.25) is 0 Å². The van der Waals surface area contributed by atoms with Gasteiger partial charge in [0.25, 0.3) is 0 Å². The second-order valence-corrected chi connectivity index (χ2v) is 8.34. The Labute approximate surface area is 196 Å². The first-order chi connectivity index (χ1) is 15.6. The van der Waals surface area contributed by atoms with E-state index in [0.717, 1.165) is 47.8 Å². The molecule has 1 aliphatic rings. The fourth-order valence-electron chi connectivity index (χ4n) is 3.41. The van der Waals surface area contributed by atoms with Crippen LogP contribution in [0, 0.1) is 12.3 Å². The van der Waals surface area contributed by atoms with Crippen LogP contribution in [-0.4, -0.2) is 40.0 Å². The quantitative estimate of drug-likeness (QED) is 0.243. The first-order valence-electron chi connectivity index (χ1n) is 10.8. The van der Waals surface area contributed by atoms with E-state index in [2.05, 4.69) is 11.9 Å². The summed E-state index contributed by atoms with van der Waals surface area (Å²) in [6.45, 7) is 7.45. The molecule has 9 heteroatoms. The Bertz CT molecular complexity index is 1040. The van der Waals surface area contributed by atoms with Crippen LogP contribution in [0.15, 0.2) is 48.6 Å². The van der Waals surface area contributed by atoms with E-state index in [1.54, 1.807) is 19.1 Å². The fraction of sp³-hybridized carbons (Fsp3) is 0.375. The topological polar surface area (TPSA) is 64.9 Å². The fourth-order valence-corrected chi connectivity index (χ4v) is 3.53. The number of amidine groups is 1. The van der Waals surface area contributed by atoms with Gasteiger partial charge in [-0.3, -0.25) is 5.41 Å². The number of alkyl halides is 3. The molecule has 0 bridgehead atoms. The molecule has 1 aromatic carbocycles. The summed E-state index contributed by atoms with van der Waals surface area (Å²) in [7, 11) is 0. The van der Waals surface area contributed by atoms with Gasteiger partial charge in [-0.25, -0.2) is 9.97 Å². The molecule has 1 heterocycles. The van der Waals surface area contributed by atoms with Crippen molar-refractivity contribution < 1.29 is 13.2 Å². The third-order valence-electron chi connectivity index (χ3n) is 5.47. The Morgan fingerprint density at radius 2 is 1.94 bits per heavy atom. The molecule has 1 fully saturated rings. The van der Waals surface area contributed by atoms with Gasteiger partial charge in [-0.1, -0.05) is 24.3 Å². The molecule has 0 atom stereocenters. The molecule has 5 nitrogen and oxygen atoms in total. The van der Waals surface area contributed by atoms with Crippen LogP contribution < -0.4 is 5.32 Å². The summed E-state index contributed by atoms with van der Waals surface area (Å²) in [4.78, 5) is 10.8. The predicted octanol–water partition coefficient (Wildman–Crippen LogP) is 6.58. The summed E-state index contributed by atoms with van der Waals surface area (Å²) in [5.74, 6) is 1.15. The summed E-state index contributed by atoms with van der Waals surface area (Å²) in [5, 5.41) is 12.1. The second kappa shape index (κ2) is 10.4. The first-order valence-corrected chi connectivity index (χ1v) is 11.2. The van der Waals surface area contributed by atoms with E-state index in [1.165, 1.54) is 4.90 Å². The number of rotatable bonds is 9. The van der Waals surface area contributed by atoms with Gasteiger partial charge in [-0.15, -0.1) is 0 Å². The molecule has 3 rings (SSSR count). The minimum Gasteiger partial charge on any atom is -0.356 e. The number of aromatic nitrogens is 2. The van der Waals surface area contributed by atoms with Crippen LogP contribution in [0.5, 0.6) is 0 Å². The van der Waals surface area contributed by atoms with E-state index in [0.29, 0.717) is 23.2 Å². The minimum atomic E-state index is -4.63. The smallest absolute Gasteiger partial charge is 0.356 e. The zero-order valence-electron chi connectivity index (χ0n) is 18.6. The zero-order chi connectivity index (χ0) is 24.2. The van der Waals surface area contributed by atoms with Gasteiger partial charge in [0.05, 0.1) is 11.3 Å².